The summed E-state index contributed by atoms with van der Waals surface area (Å²) in [5, 5.41) is 0. The summed E-state index contributed by atoms with van der Waals surface area (Å²) in [4.78, 5) is 1.86. The van der Waals surface area contributed by atoms with Crippen molar-refractivity contribution in [2.45, 2.75) is 51.5 Å². The molecule has 1 fully saturated rings. The first-order valence-electron chi connectivity index (χ1n) is 7.46. The van der Waals surface area contributed by atoms with E-state index in [2.05, 4.69) is 59.2 Å². The molecule has 1 aromatic carbocycles. The highest BCUT2D eigenvalue weighted by molar-refractivity contribution is 9.11. The van der Waals surface area contributed by atoms with Gasteiger partial charge in [-0.3, -0.25) is 0 Å². The van der Waals surface area contributed by atoms with E-state index in [1.807, 2.05) is 37.0 Å². The van der Waals surface area contributed by atoms with Crippen molar-refractivity contribution in [1.82, 2.24) is 0 Å². The quantitative estimate of drug-likeness (QED) is 0.524. The van der Waals surface area contributed by atoms with Crippen LogP contribution in [0.5, 0.6) is 0 Å². The molecular weight excluding hydrogens is 356 g/mol. The molecule has 1 aliphatic rings. The molecule has 1 aromatic rings. The van der Waals surface area contributed by atoms with Gasteiger partial charge in [-0.05, 0) is 36.0 Å². The summed E-state index contributed by atoms with van der Waals surface area (Å²) in [5.41, 5.74) is 5.64. The zero-order valence-corrected chi connectivity index (χ0v) is 16.4. The molecule has 4 heteroatoms. The van der Waals surface area contributed by atoms with Crippen LogP contribution >= 0.6 is 15.9 Å². The van der Waals surface area contributed by atoms with Crippen molar-refractivity contribution < 1.29 is 9.47 Å². The lowest BCUT2D eigenvalue weighted by Gasteiger charge is -2.18. The normalized spacial score (nSPS) is 24.3. The van der Waals surface area contributed by atoms with E-state index in [9.17, 15) is 0 Å². The van der Waals surface area contributed by atoms with Gasteiger partial charge in [-0.2, -0.15) is 0 Å². The van der Waals surface area contributed by atoms with E-state index >= 15 is 0 Å². The Morgan fingerprint density at radius 1 is 1.18 bits per heavy atom. The Labute approximate surface area is 143 Å². The zero-order chi connectivity index (χ0) is 16.4. The highest BCUT2D eigenvalue weighted by Gasteiger charge is 2.42. The number of halogens is 1. The first-order valence-corrected chi connectivity index (χ1v) is 11.9. The molecule has 2 rings (SSSR count). The summed E-state index contributed by atoms with van der Waals surface area (Å²) >= 11 is 3.35. The molecule has 1 saturated heterocycles. The minimum Gasteiger partial charge on any atom is -0.339 e. The Balaban J connectivity index is 2.40. The maximum atomic E-state index is 6.14. The summed E-state index contributed by atoms with van der Waals surface area (Å²) in [6.45, 7) is 10.6. The van der Waals surface area contributed by atoms with E-state index < -0.39 is 13.9 Å². The molecule has 0 saturated carbocycles. The Hall–Kier alpha value is -0.863. The third kappa shape index (κ3) is 4.56. The smallest absolute Gasteiger partial charge is 0.165 e. The van der Waals surface area contributed by atoms with Crippen molar-refractivity contribution >= 4 is 30.1 Å². The molecule has 22 heavy (non-hydrogen) atoms. The molecule has 1 aliphatic heterocycles. The van der Waals surface area contributed by atoms with Crippen LogP contribution in [0.1, 0.15) is 31.1 Å². The van der Waals surface area contributed by atoms with Crippen LogP contribution < -0.4 is 0 Å². The van der Waals surface area contributed by atoms with Crippen LogP contribution in [0.25, 0.3) is 6.08 Å². The average molecular weight is 379 g/mol. The molecule has 2 nitrogen and oxygen atoms in total. The number of benzene rings is 1. The zero-order valence-electron chi connectivity index (χ0n) is 13.8. The van der Waals surface area contributed by atoms with Gasteiger partial charge >= 0.3 is 0 Å². The molecule has 1 heterocycles. The molecule has 0 radical (unpaired) electrons. The number of hydrogen-bond donors (Lipinski definition) is 0. The van der Waals surface area contributed by atoms with Gasteiger partial charge in [0.25, 0.3) is 0 Å². The van der Waals surface area contributed by atoms with E-state index in [-0.39, 0.29) is 12.2 Å². The van der Waals surface area contributed by atoms with E-state index in [0.29, 0.717) is 0 Å². The number of rotatable bonds is 2. The monoisotopic (exact) mass is 378 g/mol. The summed E-state index contributed by atoms with van der Waals surface area (Å²) in [5.74, 6) is 2.71. The second kappa shape index (κ2) is 6.72. The highest BCUT2D eigenvalue weighted by atomic mass is 79.9. The van der Waals surface area contributed by atoms with Gasteiger partial charge in [0.15, 0.2) is 11.9 Å². The topological polar surface area (TPSA) is 18.5 Å². The van der Waals surface area contributed by atoms with Crippen molar-refractivity contribution in [3.63, 3.8) is 0 Å². The van der Waals surface area contributed by atoms with Gasteiger partial charge in [0, 0.05) is 0 Å². The average Bonchev–Trinajstić information content (AvgIpc) is 2.72. The molecule has 118 valence electrons. The van der Waals surface area contributed by atoms with Crippen LogP contribution in [0.2, 0.25) is 19.6 Å². The molecule has 0 aliphatic carbocycles. The maximum Gasteiger partial charge on any atom is 0.165 e. The predicted octanol–water partition coefficient (Wildman–Crippen LogP) is 5.13. The largest absolute Gasteiger partial charge is 0.339 e. The minimum atomic E-state index is -1.45. The maximum absolute atomic E-state index is 6.14. The van der Waals surface area contributed by atoms with Gasteiger partial charge in [-0.25, -0.2) is 0 Å². The van der Waals surface area contributed by atoms with Gasteiger partial charge in [0.2, 0.25) is 0 Å². The van der Waals surface area contributed by atoms with Crippen molar-refractivity contribution in [1.29, 1.82) is 0 Å². The van der Waals surface area contributed by atoms with Crippen molar-refractivity contribution in [2.24, 2.45) is 0 Å². The molecule has 0 aromatic heterocycles. The van der Waals surface area contributed by atoms with Gasteiger partial charge in [0.05, 0.1) is 0 Å². The lowest BCUT2D eigenvalue weighted by atomic mass is 9.99. The first-order chi connectivity index (χ1) is 10.2. The van der Waals surface area contributed by atoms with Crippen LogP contribution in [0.3, 0.4) is 0 Å². The Morgan fingerprint density at radius 2 is 1.86 bits per heavy atom. The summed E-state index contributed by atoms with van der Waals surface area (Å²) in [7, 11) is -1.45. The SMILES string of the molecule is CC1(C)O[C@H](c2ccccc2/C=C/Br)[C@@H](C#C[Si](C)(C)C)O1. The van der Waals surface area contributed by atoms with Crippen molar-refractivity contribution in [3.8, 4) is 11.5 Å². The molecule has 2 atom stereocenters. The third-order valence-corrected chi connectivity index (χ3v) is 4.39. The van der Waals surface area contributed by atoms with Gasteiger partial charge in [-0.1, -0.05) is 65.8 Å². The summed E-state index contributed by atoms with van der Waals surface area (Å²) in [6, 6.07) is 8.21. The fourth-order valence-electron chi connectivity index (χ4n) is 2.37. The molecule has 0 spiro atoms. The molecular formula is C18H23BrO2Si. The Bertz CT molecular complexity index is 620. The molecule has 0 unspecified atom stereocenters. The second-order valence-electron chi connectivity index (χ2n) is 6.92. The summed E-state index contributed by atoms with van der Waals surface area (Å²) in [6.07, 6.45) is 1.62. The fourth-order valence-corrected chi connectivity index (χ4v) is 3.23. The lowest BCUT2D eigenvalue weighted by molar-refractivity contribution is -0.143. The van der Waals surface area contributed by atoms with E-state index in [1.54, 1.807) is 0 Å². The van der Waals surface area contributed by atoms with Crippen molar-refractivity contribution in [3.05, 3.63) is 40.4 Å². The molecule has 0 amide bonds. The van der Waals surface area contributed by atoms with E-state index in [0.717, 1.165) is 11.1 Å². The van der Waals surface area contributed by atoms with Gasteiger partial charge in [0.1, 0.15) is 14.2 Å². The minimum absolute atomic E-state index is 0.168. The standard InChI is InChI=1S/C18H23BrO2Si/c1-18(2)20-16(11-13-22(3,4)5)17(21-18)15-9-7-6-8-14(15)10-12-19/h6-10,12,16-17H,1-5H3/b12-10+/t16-,17-/m1/s1. The van der Waals surface area contributed by atoms with Gasteiger partial charge < -0.3 is 9.47 Å². The van der Waals surface area contributed by atoms with Crippen LogP contribution in [-0.4, -0.2) is 20.0 Å². The second-order valence-corrected chi connectivity index (χ2v) is 12.2. The van der Waals surface area contributed by atoms with Crippen LogP contribution in [0.15, 0.2) is 29.3 Å². The van der Waals surface area contributed by atoms with Crippen LogP contribution in [-0.2, 0) is 9.47 Å². The van der Waals surface area contributed by atoms with E-state index in [4.69, 9.17) is 9.47 Å². The number of ether oxygens (including phenoxy) is 2. The first kappa shape index (κ1) is 17.5. The number of hydrogen-bond acceptors (Lipinski definition) is 2. The van der Waals surface area contributed by atoms with Crippen LogP contribution in [0.4, 0.5) is 0 Å². The fraction of sp³-hybridized carbons (Fsp3) is 0.444. The van der Waals surface area contributed by atoms with Gasteiger partial charge in [-0.15, -0.1) is 5.54 Å². The Kier molecular flexibility index (Phi) is 5.34. The van der Waals surface area contributed by atoms with Crippen molar-refractivity contribution in [2.75, 3.05) is 0 Å². The third-order valence-electron chi connectivity index (χ3n) is 3.23. The highest BCUT2D eigenvalue weighted by Crippen LogP contribution is 2.39. The molecule has 0 bridgehead atoms. The Morgan fingerprint density at radius 3 is 2.50 bits per heavy atom. The van der Waals surface area contributed by atoms with Crippen LogP contribution in [0, 0.1) is 11.5 Å². The summed E-state index contributed by atoms with van der Waals surface area (Å²) < 4.78 is 12.2. The lowest BCUT2D eigenvalue weighted by Crippen LogP contribution is -2.22. The molecule has 0 N–H and O–H groups in total. The predicted molar refractivity (Wildman–Crippen MR) is 98.3 cm³/mol. The van der Waals surface area contributed by atoms with E-state index in [1.165, 1.54) is 0 Å².